The van der Waals surface area contributed by atoms with Crippen molar-refractivity contribution >= 4 is 5.91 Å². The van der Waals surface area contributed by atoms with Crippen LogP contribution in [0.15, 0.2) is 0 Å². The van der Waals surface area contributed by atoms with Crippen LogP contribution >= 0.6 is 0 Å². The first-order valence-corrected chi connectivity index (χ1v) is 11.2. The number of amides is 1. The summed E-state index contributed by atoms with van der Waals surface area (Å²) in [7, 11) is 2.06. The summed E-state index contributed by atoms with van der Waals surface area (Å²) in [6.07, 6.45) is 9.88. The molecule has 4 rings (SSSR count). The van der Waals surface area contributed by atoms with E-state index in [-0.39, 0.29) is 0 Å². The zero-order chi connectivity index (χ0) is 18.7. The quantitative estimate of drug-likeness (QED) is 0.716. The predicted molar refractivity (Wildman–Crippen MR) is 105 cm³/mol. The molecule has 8 atom stereocenters. The highest BCUT2D eigenvalue weighted by Gasteiger charge is 2.63. The highest BCUT2D eigenvalue weighted by atomic mass is 16.5. The molecule has 26 heavy (non-hydrogen) atoms. The third-order valence-corrected chi connectivity index (χ3v) is 9.31. The Labute approximate surface area is 160 Å². The van der Waals surface area contributed by atoms with Crippen molar-refractivity contribution in [2.24, 2.45) is 34.5 Å². The second-order valence-electron chi connectivity index (χ2n) is 10.5. The van der Waals surface area contributed by atoms with Crippen molar-refractivity contribution in [1.82, 2.24) is 4.90 Å². The van der Waals surface area contributed by atoms with Crippen molar-refractivity contribution in [2.45, 2.75) is 91.2 Å². The molecule has 0 N–H and O–H groups in total. The fourth-order valence-electron chi connectivity index (χ4n) is 8.15. The van der Waals surface area contributed by atoms with Crippen LogP contribution in [0.5, 0.6) is 0 Å². The molecule has 0 aromatic heterocycles. The van der Waals surface area contributed by atoms with Crippen LogP contribution in [0.3, 0.4) is 0 Å². The van der Waals surface area contributed by atoms with Gasteiger partial charge in [0.1, 0.15) is 0 Å². The topological polar surface area (TPSA) is 29.5 Å². The predicted octanol–water partition coefficient (Wildman–Crippen LogP) is 4.89. The second-order valence-corrected chi connectivity index (χ2v) is 10.5. The van der Waals surface area contributed by atoms with E-state index in [0.29, 0.717) is 28.9 Å². The molecule has 1 heterocycles. The van der Waals surface area contributed by atoms with Crippen molar-refractivity contribution in [2.75, 3.05) is 13.7 Å². The van der Waals surface area contributed by atoms with Crippen LogP contribution in [0.25, 0.3) is 0 Å². The van der Waals surface area contributed by atoms with Gasteiger partial charge in [-0.3, -0.25) is 4.79 Å². The largest absolute Gasteiger partial charge is 0.378 e. The van der Waals surface area contributed by atoms with E-state index in [2.05, 4.69) is 39.6 Å². The van der Waals surface area contributed by atoms with Crippen LogP contribution in [-0.4, -0.2) is 36.6 Å². The number of fused-ring (bicyclic) bond motifs is 5. The molecule has 1 saturated heterocycles. The van der Waals surface area contributed by atoms with E-state index < -0.39 is 0 Å². The highest BCUT2D eigenvalue weighted by molar-refractivity contribution is 5.77. The Morgan fingerprint density at radius 1 is 1.15 bits per heavy atom. The summed E-state index contributed by atoms with van der Waals surface area (Å²) in [4.78, 5) is 14.4. The number of hydrogen-bond donors (Lipinski definition) is 0. The maximum atomic E-state index is 12.3. The van der Waals surface area contributed by atoms with Crippen molar-refractivity contribution in [1.29, 1.82) is 0 Å². The van der Waals surface area contributed by atoms with E-state index in [0.717, 1.165) is 49.5 Å². The third-order valence-electron chi connectivity index (χ3n) is 9.31. The van der Waals surface area contributed by atoms with Crippen LogP contribution in [-0.2, 0) is 9.53 Å². The van der Waals surface area contributed by atoms with Gasteiger partial charge in [0, 0.05) is 26.1 Å². The van der Waals surface area contributed by atoms with Crippen LogP contribution in [0, 0.1) is 34.5 Å². The lowest BCUT2D eigenvalue weighted by atomic mass is 9.46. The summed E-state index contributed by atoms with van der Waals surface area (Å²) in [5.74, 6) is 3.58. The monoisotopic (exact) mass is 361 g/mol. The van der Waals surface area contributed by atoms with Gasteiger partial charge in [0.25, 0.3) is 0 Å². The number of carbonyl (C=O) groups is 1. The highest BCUT2D eigenvalue weighted by Crippen LogP contribution is 2.66. The summed E-state index contributed by atoms with van der Waals surface area (Å²) in [5, 5.41) is 0. The van der Waals surface area contributed by atoms with E-state index in [1.165, 1.54) is 32.1 Å². The molecular formula is C23H39NO2. The number of rotatable bonds is 3. The molecule has 3 aliphatic carbocycles. The maximum Gasteiger partial charge on any atom is 0.222 e. The zero-order valence-corrected chi connectivity index (χ0v) is 17.6. The van der Waals surface area contributed by atoms with E-state index in [1.54, 1.807) is 0 Å². The Bertz CT molecular complexity index is 562. The summed E-state index contributed by atoms with van der Waals surface area (Å²) in [5.41, 5.74) is 0.699. The summed E-state index contributed by atoms with van der Waals surface area (Å²) < 4.78 is 6.38. The minimum Gasteiger partial charge on any atom is -0.378 e. The van der Waals surface area contributed by atoms with Crippen molar-refractivity contribution in [3.8, 4) is 0 Å². The Hall–Kier alpha value is -0.570. The van der Waals surface area contributed by atoms with Crippen LogP contribution in [0.1, 0.15) is 79.1 Å². The van der Waals surface area contributed by atoms with Gasteiger partial charge in [0.05, 0.1) is 6.10 Å². The number of carbonyl (C=O) groups excluding carboxylic acids is 1. The number of likely N-dealkylation sites (tertiary alicyclic amines) is 1. The van der Waals surface area contributed by atoms with Gasteiger partial charge in [0.2, 0.25) is 5.91 Å². The van der Waals surface area contributed by atoms with E-state index in [4.69, 9.17) is 4.74 Å². The van der Waals surface area contributed by atoms with Gasteiger partial charge in [-0.05, 0) is 79.4 Å². The normalized spacial score (nSPS) is 51.0. The second kappa shape index (κ2) is 6.50. The number of ether oxygens (including phenoxy) is 1. The Balaban J connectivity index is 1.61. The molecule has 0 spiro atoms. The molecule has 0 aromatic rings. The molecule has 4 fully saturated rings. The molecule has 0 bridgehead atoms. The average Bonchev–Trinajstić information content (AvgIpc) is 2.87. The molecule has 1 amide bonds. The first-order valence-electron chi connectivity index (χ1n) is 11.2. The first-order chi connectivity index (χ1) is 12.3. The molecule has 0 radical (unpaired) electrons. The number of piperidine rings is 1. The Morgan fingerprint density at radius 2 is 1.92 bits per heavy atom. The molecule has 148 valence electrons. The first kappa shape index (κ1) is 18.8. The lowest BCUT2D eigenvalue weighted by Gasteiger charge is -2.62. The van der Waals surface area contributed by atoms with Gasteiger partial charge in [-0.15, -0.1) is 0 Å². The maximum absolute atomic E-state index is 12.3. The van der Waals surface area contributed by atoms with Crippen molar-refractivity contribution in [3.05, 3.63) is 0 Å². The van der Waals surface area contributed by atoms with Crippen LogP contribution in [0.2, 0.25) is 0 Å². The fraction of sp³-hybridized carbons (Fsp3) is 0.957. The molecule has 3 saturated carbocycles. The molecule has 4 aliphatic rings. The Morgan fingerprint density at radius 3 is 2.65 bits per heavy atom. The number of nitrogens with zero attached hydrogens (tertiary/aromatic N) is 1. The van der Waals surface area contributed by atoms with Gasteiger partial charge in [-0.25, -0.2) is 0 Å². The summed E-state index contributed by atoms with van der Waals surface area (Å²) in [6.45, 7) is 10.7. The van der Waals surface area contributed by atoms with Gasteiger partial charge in [-0.1, -0.05) is 27.7 Å². The zero-order valence-electron chi connectivity index (χ0n) is 17.6. The fourth-order valence-corrected chi connectivity index (χ4v) is 8.15. The van der Waals surface area contributed by atoms with E-state index in [1.807, 2.05) is 0 Å². The molecule has 3 nitrogen and oxygen atoms in total. The summed E-state index contributed by atoms with van der Waals surface area (Å²) >= 11 is 0. The molecule has 3 heteroatoms. The lowest BCUT2D eigenvalue weighted by Crippen LogP contribution is -2.61. The molecule has 1 aliphatic heterocycles. The standard InChI is InChI=1S/C23H39NO2/c1-6-13-26-19-14-15(2)21-16-7-8-18-22(3,12-10-20(25)24(18)5)17(16)9-11-23(19,21)4/h15-19,21H,6-14H2,1-5H3/t15-,16-,17+,18-,19+,21+,22-,23-/m1/s1. The SMILES string of the molecule is CCCO[C@H]1C[C@@H](C)[C@H]2[C@@H]3CC[C@H]4N(C)C(=O)CC[C@]4(C)[C@H]3CC[C@@]21C. The van der Waals surface area contributed by atoms with Crippen LogP contribution < -0.4 is 0 Å². The van der Waals surface area contributed by atoms with Crippen LogP contribution in [0.4, 0.5) is 0 Å². The van der Waals surface area contributed by atoms with Crippen molar-refractivity contribution < 1.29 is 9.53 Å². The Kier molecular flexibility index (Phi) is 4.69. The van der Waals surface area contributed by atoms with Gasteiger partial charge in [0.15, 0.2) is 0 Å². The number of hydrogen-bond acceptors (Lipinski definition) is 2. The minimum absolute atomic E-state index is 0.328. The van der Waals surface area contributed by atoms with Gasteiger partial charge < -0.3 is 9.64 Å². The van der Waals surface area contributed by atoms with Gasteiger partial charge in [-0.2, -0.15) is 0 Å². The van der Waals surface area contributed by atoms with E-state index >= 15 is 0 Å². The molecule has 0 unspecified atom stereocenters. The van der Waals surface area contributed by atoms with Gasteiger partial charge >= 0.3 is 0 Å². The van der Waals surface area contributed by atoms with Crippen molar-refractivity contribution in [3.63, 3.8) is 0 Å². The third kappa shape index (κ3) is 2.52. The summed E-state index contributed by atoms with van der Waals surface area (Å²) in [6, 6.07) is 0.471. The average molecular weight is 362 g/mol. The van der Waals surface area contributed by atoms with E-state index in [9.17, 15) is 4.79 Å². The lowest BCUT2D eigenvalue weighted by molar-refractivity contribution is -0.163. The smallest absolute Gasteiger partial charge is 0.222 e. The molecular weight excluding hydrogens is 322 g/mol. The minimum atomic E-state index is 0.328. The molecule has 0 aromatic carbocycles.